The summed E-state index contributed by atoms with van der Waals surface area (Å²) in [5.41, 5.74) is 1.58. The predicted octanol–water partition coefficient (Wildman–Crippen LogP) is 5.20. The van der Waals surface area contributed by atoms with Gasteiger partial charge >= 0.3 is 0 Å². The summed E-state index contributed by atoms with van der Waals surface area (Å²) in [6.07, 6.45) is 0. The molecule has 2 rings (SSSR count). The van der Waals surface area contributed by atoms with Gasteiger partial charge in [0.15, 0.2) is 0 Å². The Morgan fingerprint density at radius 2 is 1.84 bits per heavy atom. The lowest BCUT2D eigenvalue weighted by molar-refractivity contribution is 0.615. The number of hydrogen-bond acceptors (Lipinski definition) is 1. The van der Waals surface area contributed by atoms with Crippen LogP contribution in [0.2, 0.25) is 10.0 Å². The zero-order valence-corrected chi connectivity index (χ0v) is 13.2. The lowest BCUT2D eigenvalue weighted by Crippen LogP contribution is -2.18. The molecular weight excluding hydrogens is 352 g/mol. The van der Waals surface area contributed by atoms with Crippen LogP contribution < -0.4 is 5.32 Å². The van der Waals surface area contributed by atoms with Gasteiger partial charge in [-0.05, 0) is 54.6 Å². The van der Waals surface area contributed by atoms with E-state index < -0.39 is 0 Å². The molecule has 19 heavy (non-hydrogen) atoms. The second kappa shape index (κ2) is 6.23. The fourth-order valence-electron chi connectivity index (χ4n) is 1.95. The van der Waals surface area contributed by atoms with Gasteiger partial charge < -0.3 is 5.32 Å². The van der Waals surface area contributed by atoms with Crippen LogP contribution in [-0.2, 0) is 0 Å². The van der Waals surface area contributed by atoms with Gasteiger partial charge in [0.2, 0.25) is 0 Å². The van der Waals surface area contributed by atoms with E-state index in [4.69, 9.17) is 23.2 Å². The highest BCUT2D eigenvalue weighted by molar-refractivity contribution is 9.10. The molecule has 5 heteroatoms. The molecule has 0 fully saturated rings. The molecule has 0 saturated heterocycles. The minimum atomic E-state index is -0.295. The second-order valence-electron chi connectivity index (χ2n) is 4.05. The summed E-state index contributed by atoms with van der Waals surface area (Å²) < 4.78 is 14.2. The Balaban J connectivity index is 2.55. The van der Waals surface area contributed by atoms with Crippen molar-refractivity contribution in [1.29, 1.82) is 0 Å². The van der Waals surface area contributed by atoms with Gasteiger partial charge in [-0.3, -0.25) is 0 Å². The van der Waals surface area contributed by atoms with E-state index >= 15 is 0 Å². The normalized spacial score (nSPS) is 12.5. The second-order valence-corrected chi connectivity index (χ2v) is 5.75. The third kappa shape index (κ3) is 3.29. The maximum atomic E-state index is 13.4. The molecule has 0 spiro atoms. The van der Waals surface area contributed by atoms with Gasteiger partial charge in [-0.2, -0.15) is 0 Å². The van der Waals surface area contributed by atoms with E-state index in [0.29, 0.717) is 10.0 Å². The van der Waals surface area contributed by atoms with Crippen LogP contribution in [0.5, 0.6) is 0 Å². The van der Waals surface area contributed by atoms with E-state index in [9.17, 15) is 4.39 Å². The van der Waals surface area contributed by atoms with Crippen LogP contribution >= 0.6 is 39.1 Å². The Morgan fingerprint density at radius 1 is 1.11 bits per heavy atom. The first kappa shape index (κ1) is 14.8. The zero-order valence-electron chi connectivity index (χ0n) is 10.1. The van der Waals surface area contributed by atoms with Gasteiger partial charge in [-0.25, -0.2) is 4.39 Å². The highest BCUT2D eigenvalue weighted by Crippen LogP contribution is 2.34. The summed E-state index contributed by atoms with van der Waals surface area (Å²) in [4.78, 5) is 0. The van der Waals surface area contributed by atoms with Gasteiger partial charge in [-0.1, -0.05) is 39.1 Å². The van der Waals surface area contributed by atoms with E-state index in [1.165, 1.54) is 12.1 Å². The average molecular weight is 363 g/mol. The van der Waals surface area contributed by atoms with Crippen molar-refractivity contribution in [3.05, 3.63) is 67.9 Å². The van der Waals surface area contributed by atoms with E-state index in [1.54, 1.807) is 31.3 Å². The highest BCUT2D eigenvalue weighted by atomic mass is 79.9. The molecule has 2 aromatic carbocycles. The monoisotopic (exact) mass is 361 g/mol. The molecule has 0 bridgehead atoms. The van der Waals surface area contributed by atoms with Gasteiger partial charge in [0, 0.05) is 14.5 Å². The third-order valence-electron chi connectivity index (χ3n) is 2.83. The summed E-state index contributed by atoms with van der Waals surface area (Å²) in [5.74, 6) is -0.295. The fourth-order valence-corrected chi connectivity index (χ4v) is 2.83. The number of benzene rings is 2. The number of rotatable bonds is 3. The molecule has 0 amide bonds. The van der Waals surface area contributed by atoms with Gasteiger partial charge in [0.25, 0.3) is 0 Å². The third-order valence-corrected chi connectivity index (χ3v) is 4.13. The van der Waals surface area contributed by atoms with E-state index in [2.05, 4.69) is 21.2 Å². The highest BCUT2D eigenvalue weighted by Gasteiger charge is 2.18. The maximum Gasteiger partial charge on any atom is 0.123 e. The van der Waals surface area contributed by atoms with Crippen molar-refractivity contribution < 1.29 is 4.39 Å². The van der Waals surface area contributed by atoms with Crippen molar-refractivity contribution in [1.82, 2.24) is 5.32 Å². The van der Waals surface area contributed by atoms with Crippen LogP contribution in [0.25, 0.3) is 0 Å². The van der Waals surface area contributed by atoms with Crippen molar-refractivity contribution in [3.8, 4) is 0 Å². The smallest absolute Gasteiger partial charge is 0.123 e. The Kier molecular flexibility index (Phi) is 4.85. The fraction of sp³-hybridized carbons (Fsp3) is 0.143. The molecule has 1 unspecified atom stereocenters. The molecule has 100 valence electrons. The standard InChI is InChI=1S/C14H11BrCl2FN/c1-19-14(10-7-9(18)3-4-12(10)15)11-6-8(16)2-5-13(11)17/h2-7,14,19H,1H3. The summed E-state index contributed by atoms with van der Waals surface area (Å²) in [6.45, 7) is 0. The van der Waals surface area contributed by atoms with Gasteiger partial charge in [0.1, 0.15) is 5.82 Å². The molecule has 0 radical (unpaired) electrons. The number of halogens is 4. The van der Waals surface area contributed by atoms with E-state index in [1.807, 2.05) is 0 Å². The molecule has 0 aliphatic rings. The van der Waals surface area contributed by atoms with Crippen molar-refractivity contribution in [3.63, 3.8) is 0 Å². The summed E-state index contributed by atoms with van der Waals surface area (Å²) >= 11 is 15.6. The molecule has 2 aromatic rings. The zero-order chi connectivity index (χ0) is 14.0. The molecule has 1 atom stereocenters. The van der Waals surface area contributed by atoms with Crippen molar-refractivity contribution in [2.45, 2.75) is 6.04 Å². The summed E-state index contributed by atoms with van der Waals surface area (Å²) in [5, 5.41) is 4.30. The lowest BCUT2D eigenvalue weighted by atomic mass is 9.98. The first-order valence-corrected chi connectivity index (χ1v) is 7.15. The largest absolute Gasteiger partial charge is 0.309 e. The predicted molar refractivity (Wildman–Crippen MR) is 81.5 cm³/mol. The Hall–Kier alpha value is -0.610. The first-order valence-electron chi connectivity index (χ1n) is 5.60. The van der Waals surface area contributed by atoms with Crippen LogP contribution in [0.3, 0.4) is 0 Å². The molecule has 0 saturated carbocycles. The van der Waals surface area contributed by atoms with Crippen molar-refractivity contribution in [2.75, 3.05) is 7.05 Å². The average Bonchev–Trinajstić information content (AvgIpc) is 2.38. The summed E-state index contributed by atoms with van der Waals surface area (Å²) in [6, 6.07) is 9.55. The minimum Gasteiger partial charge on any atom is -0.309 e. The topological polar surface area (TPSA) is 12.0 Å². The Morgan fingerprint density at radius 3 is 2.53 bits per heavy atom. The van der Waals surface area contributed by atoms with Gasteiger partial charge in [-0.15, -0.1) is 0 Å². The maximum absolute atomic E-state index is 13.4. The van der Waals surface area contributed by atoms with Crippen LogP contribution in [0.15, 0.2) is 40.9 Å². The van der Waals surface area contributed by atoms with Crippen LogP contribution in [-0.4, -0.2) is 7.05 Å². The van der Waals surface area contributed by atoms with E-state index in [0.717, 1.165) is 15.6 Å². The molecule has 0 heterocycles. The van der Waals surface area contributed by atoms with Crippen molar-refractivity contribution >= 4 is 39.1 Å². The Bertz CT molecular complexity index is 552. The molecule has 1 N–H and O–H groups in total. The molecule has 0 aliphatic heterocycles. The quantitative estimate of drug-likeness (QED) is 0.790. The van der Waals surface area contributed by atoms with Crippen LogP contribution in [0.4, 0.5) is 4.39 Å². The van der Waals surface area contributed by atoms with Gasteiger partial charge in [0.05, 0.1) is 6.04 Å². The van der Waals surface area contributed by atoms with E-state index in [-0.39, 0.29) is 11.9 Å². The van der Waals surface area contributed by atoms with Crippen LogP contribution in [0, 0.1) is 5.82 Å². The SMILES string of the molecule is CNC(c1cc(Cl)ccc1Cl)c1cc(F)ccc1Br. The molecule has 0 aromatic heterocycles. The molecule has 0 aliphatic carbocycles. The number of nitrogens with one attached hydrogen (secondary N) is 1. The first-order chi connectivity index (χ1) is 9.02. The summed E-state index contributed by atoms with van der Waals surface area (Å²) in [7, 11) is 1.79. The van der Waals surface area contributed by atoms with Crippen LogP contribution in [0.1, 0.15) is 17.2 Å². The number of hydrogen-bond donors (Lipinski definition) is 1. The Labute approximate surface area is 129 Å². The van der Waals surface area contributed by atoms with Crippen molar-refractivity contribution in [2.24, 2.45) is 0 Å². The lowest BCUT2D eigenvalue weighted by Gasteiger charge is -2.20. The minimum absolute atomic E-state index is 0.240. The molecular formula is C14H11BrCl2FN. The molecule has 1 nitrogen and oxygen atoms in total.